The zero-order valence-corrected chi connectivity index (χ0v) is 38.3. The lowest BCUT2D eigenvalue weighted by Crippen LogP contribution is -1.96. The maximum Gasteiger partial charge on any atom is 0.231 e. The van der Waals surface area contributed by atoms with Crippen LogP contribution in [-0.2, 0) is 0 Å². The molecule has 0 aliphatic carbocycles. The third-order valence-electron chi connectivity index (χ3n) is 9.57. The molecule has 0 amide bonds. The van der Waals surface area contributed by atoms with Gasteiger partial charge in [-0.3, -0.25) is 0 Å². The van der Waals surface area contributed by atoms with Crippen molar-refractivity contribution in [3.63, 3.8) is 0 Å². The Bertz CT molecular complexity index is 2260. The third kappa shape index (κ3) is 14.0. The lowest BCUT2D eigenvalue weighted by molar-refractivity contribution is 0.306. The van der Waals surface area contributed by atoms with Crippen LogP contribution in [0.1, 0.15) is 95.2 Å². The second-order valence-electron chi connectivity index (χ2n) is 14.6. The lowest BCUT2D eigenvalue weighted by atomic mass is 10.1. The summed E-state index contributed by atoms with van der Waals surface area (Å²) in [6, 6.07) is 29.8. The van der Waals surface area contributed by atoms with Crippen LogP contribution in [-0.4, -0.2) is 69.1 Å². The van der Waals surface area contributed by atoms with Crippen molar-refractivity contribution in [2.24, 2.45) is 15.0 Å². The molecule has 0 aliphatic heterocycles. The predicted molar refractivity (Wildman–Crippen MR) is 259 cm³/mol. The minimum atomic E-state index is 0.536. The number of rotatable bonds is 24. The summed E-state index contributed by atoms with van der Waals surface area (Å²) in [5.74, 6) is 2.54. The summed E-state index contributed by atoms with van der Waals surface area (Å²) in [5.41, 5.74) is 5.35. The summed E-state index contributed by atoms with van der Waals surface area (Å²) in [6.45, 7) is 8.70. The number of hydrogen-bond acceptors (Lipinski definition) is 15. The van der Waals surface area contributed by atoms with Crippen molar-refractivity contribution in [3.05, 3.63) is 108 Å². The summed E-state index contributed by atoms with van der Waals surface area (Å²) < 4.78 is 17.6. The maximum absolute atomic E-state index is 5.88. The average Bonchev–Trinajstić information content (AvgIpc) is 4.12. The molecule has 0 atom stereocenters. The maximum atomic E-state index is 5.88. The van der Waals surface area contributed by atoms with Crippen molar-refractivity contribution in [2.75, 3.05) is 19.8 Å². The molecule has 0 unspecified atom stereocenters. The summed E-state index contributed by atoms with van der Waals surface area (Å²) in [4.78, 5) is 14.1. The Balaban J connectivity index is 1.06. The fourth-order valence-electron chi connectivity index (χ4n) is 6.18. The Morgan fingerprint density at radius 1 is 0.397 bits per heavy atom. The zero-order chi connectivity index (χ0) is 43.5. The summed E-state index contributed by atoms with van der Waals surface area (Å²) in [5, 5.41) is 30.2. The van der Waals surface area contributed by atoms with Crippen LogP contribution in [0.4, 0.5) is 15.4 Å². The highest BCUT2D eigenvalue weighted by Gasteiger charge is 2.10. The van der Waals surface area contributed by atoms with Gasteiger partial charge in [-0.2, -0.15) is 0 Å². The van der Waals surface area contributed by atoms with Gasteiger partial charge in [0.15, 0.2) is 0 Å². The van der Waals surface area contributed by atoms with Crippen molar-refractivity contribution in [1.29, 1.82) is 0 Å². The summed E-state index contributed by atoms with van der Waals surface area (Å²) >= 11 is 4.25. The smallest absolute Gasteiger partial charge is 0.231 e. The van der Waals surface area contributed by atoms with E-state index in [0.29, 0.717) is 35.2 Å². The number of ether oxygens (including phenoxy) is 3. The molecule has 15 heteroatoms. The fourth-order valence-corrected chi connectivity index (χ4v) is 8.26. The summed E-state index contributed by atoms with van der Waals surface area (Å²) in [7, 11) is 0. The van der Waals surface area contributed by atoms with Crippen LogP contribution in [0.25, 0.3) is 31.7 Å². The molecule has 3 aromatic heterocycles. The van der Waals surface area contributed by atoms with Gasteiger partial charge in [-0.15, -0.1) is 30.6 Å². The van der Waals surface area contributed by atoms with Gasteiger partial charge in [0.05, 0.1) is 19.8 Å². The molecular formula is C48H51N9O3S3. The highest BCUT2D eigenvalue weighted by atomic mass is 32.1. The SMILES string of the molecule is CCCCCOc1ccc(-c2nnc(/N=C/c3cc(/C=N/c4nnc(-c5ccc(OCCCCC)cc5)s4)cc(/C=N/c4nnc(-c5ccc(OCCCCC)cc5)s4)c3)s2)cc1. The standard InChI is InChI=1S/C48H51N9O3S3/c1-4-7-10-25-58-40-19-13-37(14-20-40)43-52-55-46(61-43)49-31-34-28-35(32-50-47-56-53-44(62-47)38-15-21-41(22-16-38)59-26-11-8-5-2)30-36(29-34)33-51-48-57-54-45(63-48)39-17-23-42(24-18-39)60-27-12-9-6-3/h13-24,28-33H,4-12,25-27H2,1-3H3/b49-31+,50-32+,51-33+. The monoisotopic (exact) mass is 897 g/mol. The van der Waals surface area contributed by atoms with Gasteiger partial charge in [-0.05, 0) is 127 Å². The molecule has 12 nitrogen and oxygen atoms in total. The van der Waals surface area contributed by atoms with E-state index >= 15 is 0 Å². The third-order valence-corrected chi connectivity index (χ3v) is 12.2. The van der Waals surface area contributed by atoms with Crippen LogP contribution in [0.15, 0.2) is 106 Å². The normalized spacial score (nSPS) is 11.7. The van der Waals surface area contributed by atoms with Crippen LogP contribution in [0.5, 0.6) is 17.2 Å². The minimum Gasteiger partial charge on any atom is -0.494 e. The van der Waals surface area contributed by atoms with Crippen molar-refractivity contribution in [1.82, 2.24) is 30.6 Å². The van der Waals surface area contributed by atoms with Gasteiger partial charge in [0.25, 0.3) is 0 Å². The Morgan fingerprint density at radius 2 is 0.683 bits per heavy atom. The Labute approximate surface area is 381 Å². The molecule has 0 radical (unpaired) electrons. The quantitative estimate of drug-likeness (QED) is 0.0428. The van der Waals surface area contributed by atoms with Crippen molar-refractivity contribution >= 4 is 68.0 Å². The molecule has 0 bridgehead atoms. The van der Waals surface area contributed by atoms with Crippen molar-refractivity contribution < 1.29 is 14.2 Å². The largest absolute Gasteiger partial charge is 0.494 e. The van der Waals surface area contributed by atoms with E-state index in [1.807, 2.05) is 91.0 Å². The molecule has 0 saturated carbocycles. The number of hydrogen-bond donors (Lipinski definition) is 0. The molecule has 0 spiro atoms. The molecule has 0 aliphatic rings. The van der Waals surface area contributed by atoms with Gasteiger partial charge in [-0.25, -0.2) is 15.0 Å². The van der Waals surface area contributed by atoms with Crippen molar-refractivity contribution in [2.45, 2.75) is 78.6 Å². The van der Waals surface area contributed by atoms with Crippen LogP contribution in [0.3, 0.4) is 0 Å². The first-order chi connectivity index (χ1) is 31.0. The van der Waals surface area contributed by atoms with E-state index in [1.165, 1.54) is 34.0 Å². The van der Waals surface area contributed by atoms with Crippen LogP contribution >= 0.6 is 34.0 Å². The van der Waals surface area contributed by atoms with Crippen LogP contribution < -0.4 is 14.2 Å². The highest BCUT2D eigenvalue weighted by Crippen LogP contribution is 2.32. The Morgan fingerprint density at radius 3 is 0.952 bits per heavy atom. The molecule has 0 fully saturated rings. The molecule has 3 heterocycles. The van der Waals surface area contributed by atoms with E-state index in [2.05, 4.69) is 51.4 Å². The molecule has 7 aromatic rings. The van der Waals surface area contributed by atoms with Gasteiger partial charge in [0, 0.05) is 35.3 Å². The first-order valence-corrected chi connectivity index (χ1v) is 24.0. The first-order valence-electron chi connectivity index (χ1n) is 21.5. The van der Waals surface area contributed by atoms with Gasteiger partial charge in [0.2, 0.25) is 15.4 Å². The molecule has 0 saturated heterocycles. The fraction of sp³-hybridized carbons (Fsp3) is 0.312. The van der Waals surface area contributed by atoms with E-state index in [1.54, 1.807) is 18.6 Å². The van der Waals surface area contributed by atoms with Crippen molar-refractivity contribution in [3.8, 4) is 49.0 Å². The molecular weight excluding hydrogens is 847 g/mol. The Hall–Kier alpha value is -6.03. The molecule has 324 valence electrons. The van der Waals surface area contributed by atoms with Gasteiger partial charge < -0.3 is 14.2 Å². The second-order valence-corrected chi connectivity index (χ2v) is 17.5. The lowest BCUT2D eigenvalue weighted by Gasteiger charge is -2.05. The number of unbranched alkanes of at least 4 members (excludes halogenated alkanes) is 6. The van der Waals surface area contributed by atoms with Gasteiger partial charge >= 0.3 is 0 Å². The minimum absolute atomic E-state index is 0.536. The van der Waals surface area contributed by atoms with E-state index in [0.717, 1.165) is 123 Å². The second kappa shape index (κ2) is 24.0. The molecule has 63 heavy (non-hydrogen) atoms. The predicted octanol–water partition coefficient (Wildman–Crippen LogP) is 13.2. The van der Waals surface area contributed by atoms with Crippen LogP contribution in [0.2, 0.25) is 0 Å². The highest BCUT2D eigenvalue weighted by molar-refractivity contribution is 7.18. The Kier molecular flexibility index (Phi) is 17.1. The van der Waals surface area contributed by atoms with Gasteiger partial charge in [0.1, 0.15) is 32.3 Å². The van der Waals surface area contributed by atoms with E-state index < -0.39 is 0 Å². The van der Waals surface area contributed by atoms with E-state index in [-0.39, 0.29) is 0 Å². The summed E-state index contributed by atoms with van der Waals surface area (Å²) in [6.07, 6.45) is 15.4. The number of aliphatic imine (C=N–C) groups is 3. The first kappa shape index (κ1) is 45.0. The number of aromatic nitrogens is 6. The number of benzene rings is 4. The average molecular weight is 898 g/mol. The molecule has 0 N–H and O–H groups in total. The molecule has 4 aromatic carbocycles. The topological polar surface area (TPSA) is 142 Å². The molecule has 7 rings (SSSR count). The zero-order valence-electron chi connectivity index (χ0n) is 35.9. The van der Waals surface area contributed by atoms with E-state index in [4.69, 9.17) is 29.2 Å². The van der Waals surface area contributed by atoms with E-state index in [9.17, 15) is 0 Å². The van der Waals surface area contributed by atoms with Gasteiger partial charge in [-0.1, -0.05) is 93.3 Å². The number of nitrogens with zero attached hydrogens (tertiary/aromatic N) is 9. The van der Waals surface area contributed by atoms with Crippen LogP contribution in [0, 0.1) is 0 Å².